The second-order valence-corrected chi connectivity index (χ2v) is 7.54. The van der Waals surface area contributed by atoms with Gasteiger partial charge in [-0.05, 0) is 51.5 Å². The number of nitrogens with zero attached hydrogens (tertiary/aromatic N) is 2. The summed E-state index contributed by atoms with van der Waals surface area (Å²) in [6.45, 7) is 8.10. The summed E-state index contributed by atoms with van der Waals surface area (Å²) < 4.78 is 1.77. The minimum atomic E-state index is -0.0378. The van der Waals surface area contributed by atoms with E-state index in [1.807, 2.05) is 44.2 Å². The Morgan fingerprint density at radius 3 is 2.42 bits per heavy atom. The van der Waals surface area contributed by atoms with Gasteiger partial charge in [-0.3, -0.25) is 4.79 Å². The Morgan fingerprint density at radius 1 is 1.00 bits per heavy atom. The molecule has 1 amide bonds. The van der Waals surface area contributed by atoms with E-state index in [9.17, 15) is 4.79 Å². The number of hydrogen-bond acceptors (Lipinski definition) is 3. The topological polar surface area (TPSA) is 46.9 Å². The number of thioether (sulfide) groups is 1. The lowest BCUT2D eigenvalue weighted by Gasteiger charge is -2.10. The average molecular weight is 366 g/mol. The van der Waals surface area contributed by atoms with Crippen molar-refractivity contribution in [1.29, 1.82) is 0 Å². The van der Waals surface area contributed by atoms with Crippen LogP contribution in [0.1, 0.15) is 22.4 Å². The number of carbonyl (C=O) groups is 1. The van der Waals surface area contributed by atoms with Gasteiger partial charge in [-0.1, -0.05) is 35.4 Å². The molecule has 0 fully saturated rings. The highest BCUT2D eigenvalue weighted by Crippen LogP contribution is 2.24. The van der Waals surface area contributed by atoms with E-state index in [0.29, 0.717) is 11.6 Å². The predicted octanol–water partition coefficient (Wildman–Crippen LogP) is 4.84. The number of aromatic nitrogens is 2. The van der Waals surface area contributed by atoms with Crippen molar-refractivity contribution in [2.24, 2.45) is 0 Å². The molecule has 1 heterocycles. The highest BCUT2D eigenvalue weighted by atomic mass is 32.2. The first-order valence-corrected chi connectivity index (χ1v) is 9.54. The molecule has 0 aliphatic heterocycles. The number of benzene rings is 2. The van der Waals surface area contributed by atoms with Crippen molar-refractivity contribution in [2.45, 2.75) is 32.6 Å². The van der Waals surface area contributed by atoms with Crippen LogP contribution in [0.3, 0.4) is 0 Å². The lowest BCUT2D eigenvalue weighted by molar-refractivity contribution is -0.113. The molecule has 3 aromatic rings. The van der Waals surface area contributed by atoms with E-state index in [-0.39, 0.29) is 5.91 Å². The summed E-state index contributed by atoms with van der Waals surface area (Å²) in [4.78, 5) is 13.6. The molecule has 134 valence electrons. The van der Waals surface area contributed by atoms with E-state index in [0.717, 1.165) is 16.3 Å². The molecule has 3 rings (SSSR count). The first kappa shape index (κ1) is 18.3. The van der Waals surface area contributed by atoms with Crippen molar-refractivity contribution >= 4 is 23.5 Å². The summed E-state index contributed by atoms with van der Waals surface area (Å²) in [5.74, 6) is 1.02. The molecule has 0 aliphatic carbocycles. The van der Waals surface area contributed by atoms with Crippen molar-refractivity contribution < 1.29 is 4.79 Å². The first-order valence-electron chi connectivity index (χ1n) is 8.56. The number of nitrogens with one attached hydrogen (secondary N) is 1. The maximum absolute atomic E-state index is 12.5. The molecule has 1 N–H and O–H groups in total. The lowest BCUT2D eigenvalue weighted by Crippen LogP contribution is -2.17. The van der Waals surface area contributed by atoms with E-state index in [1.54, 1.807) is 16.4 Å². The maximum Gasteiger partial charge on any atom is 0.235 e. The lowest BCUT2D eigenvalue weighted by atomic mass is 10.2. The van der Waals surface area contributed by atoms with E-state index in [4.69, 9.17) is 0 Å². The third-order valence-corrected chi connectivity index (χ3v) is 5.24. The van der Waals surface area contributed by atoms with Crippen LogP contribution in [0.2, 0.25) is 0 Å². The normalized spacial score (nSPS) is 10.8. The van der Waals surface area contributed by atoms with Crippen molar-refractivity contribution in [3.05, 3.63) is 70.9 Å². The summed E-state index contributed by atoms with van der Waals surface area (Å²) in [6, 6.07) is 16.3. The zero-order valence-electron chi connectivity index (χ0n) is 15.5. The molecule has 0 aliphatic rings. The molecule has 0 unspecified atom stereocenters. The van der Waals surface area contributed by atoms with Crippen LogP contribution >= 0.6 is 11.8 Å². The van der Waals surface area contributed by atoms with Crippen LogP contribution in [0.5, 0.6) is 0 Å². The Hall–Kier alpha value is -2.53. The Kier molecular flexibility index (Phi) is 5.47. The fourth-order valence-corrected chi connectivity index (χ4v) is 3.58. The van der Waals surface area contributed by atoms with Crippen LogP contribution in [-0.4, -0.2) is 21.4 Å². The molecule has 0 bridgehead atoms. The van der Waals surface area contributed by atoms with Crippen LogP contribution in [0.4, 0.5) is 5.82 Å². The summed E-state index contributed by atoms with van der Waals surface area (Å²) in [5.41, 5.74) is 5.37. The highest BCUT2D eigenvalue weighted by molar-refractivity contribution is 8.00. The number of hydrogen-bond donors (Lipinski definition) is 1. The number of carbonyl (C=O) groups excluding carboxylic acids is 1. The van der Waals surface area contributed by atoms with Gasteiger partial charge < -0.3 is 5.32 Å². The van der Waals surface area contributed by atoms with Gasteiger partial charge in [0.1, 0.15) is 5.82 Å². The minimum Gasteiger partial charge on any atom is -0.310 e. The monoisotopic (exact) mass is 365 g/mol. The van der Waals surface area contributed by atoms with Gasteiger partial charge in [-0.2, -0.15) is 5.10 Å². The second kappa shape index (κ2) is 7.79. The van der Waals surface area contributed by atoms with E-state index in [2.05, 4.69) is 42.5 Å². The van der Waals surface area contributed by atoms with Gasteiger partial charge in [0.05, 0.1) is 17.1 Å². The quantitative estimate of drug-likeness (QED) is 0.658. The maximum atomic E-state index is 12.5. The number of aryl methyl sites for hydroxylation is 4. The molecule has 0 spiro atoms. The van der Waals surface area contributed by atoms with Gasteiger partial charge in [0.15, 0.2) is 0 Å². The van der Waals surface area contributed by atoms with Crippen molar-refractivity contribution in [3.8, 4) is 5.69 Å². The van der Waals surface area contributed by atoms with Gasteiger partial charge >= 0.3 is 0 Å². The van der Waals surface area contributed by atoms with Crippen LogP contribution in [0.15, 0.2) is 53.4 Å². The number of anilines is 1. The molecule has 0 radical (unpaired) electrons. The third kappa shape index (κ3) is 4.35. The minimum absolute atomic E-state index is 0.0378. The van der Waals surface area contributed by atoms with Gasteiger partial charge in [-0.15, -0.1) is 11.8 Å². The number of rotatable bonds is 5. The smallest absolute Gasteiger partial charge is 0.235 e. The SMILES string of the molecule is Cc1ccc(-n2nc(C)cc2NC(=O)CSc2cc(C)ccc2C)cc1. The van der Waals surface area contributed by atoms with Crippen LogP contribution < -0.4 is 5.32 Å². The molecule has 1 aromatic heterocycles. The molecule has 26 heavy (non-hydrogen) atoms. The molecule has 0 saturated carbocycles. The summed E-state index contributed by atoms with van der Waals surface area (Å²) >= 11 is 1.56. The highest BCUT2D eigenvalue weighted by Gasteiger charge is 2.12. The van der Waals surface area contributed by atoms with E-state index < -0.39 is 0 Å². The third-order valence-electron chi connectivity index (χ3n) is 4.08. The standard InChI is InChI=1S/C21H23N3OS/c1-14-6-9-18(10-7-14)24-20(12-17(4)23-24)22-21(25)13-26-19-11-15(2)5-8-16(19)3/h5-12H,13H2,1-4H3,(H,22,25). The second-order valence-electron chi connectivity index (χ2n) is 6.52. The van der Waals surface area contributed by atoms with Gasteiger partial charge in [0, 0.05) is 11.0 Å². The first-order chi connectivity index (χ1) is 12.4. The van der Waals surface area contributed by atoms with Crippen LogP contribution in [0.25, 0.3) is 5.69 Å². The van der Waals surface area contributed by atoms with Gasteiger partial charge in [0.25, 0.3) is 0 Å². The van der Waals surface area contributed by atoms with Crippen LogP contribution in [0, 0.1) is 27.7 Å². The van der Waals surface area contributed by atoms with E-state index in [1.165, 1.54) is 16.7 Å². The van der Waals surface area contributed by atoms with Crippen molar-refractivity contribution in [3.63, 3.8) is 0 Å². The predicted molar refractivity (Wildman–Crippen MR) is 108 cm³/mol. The molecular formula is C21H23N3OS. The Bertz CT molecular complexity index is 929. The van der Waals surface area contributed by atoms with Gasteiger partial charge in [0.2, 0.25) is 5.91 Å². The molecular weight excluding hydrogens is 342 g/mol. The molecule has 0 atom stereocenters. The van der Waals surface area contributed by atoms with Crippen molar-refractivity contribution in [1.82, 2.24) is 9.78 Å². The van der Waals surface area contributed by atoms with Crippen LogP contribution in [-0.2, 0) is 4.79 Å². The summed E-state index contributed by atoms with van der Waals surface area (Å²) in [5, 5.41) is 7.49. The molecule has 4 nitrogen and oxygen atoms in total. The van der Waals surface area contributed by atoms with E-state index >= 15 is 0 Å². The zero-order valence-corrected chi connectivity index (χ0v) is 16.4. The van der Waals surface area contributed by atoms with Crippen molar-refractivity contribution in [2.75, 3.05) is 11.1 Å². The Balaban J connectivity index is 1.71. The Labute approximate surface area is 158 Å². The summed E-state index contributed by atoms with van der Waals surface area (Å²) in [7, 11) is 0. The number of amides is 1. The average Bonchev–Trinajstić information content (AvgIpc) is 2.96. The molecule has 2 aromatic carbocycles. The zero-order chi connectivity index (χ0) is 18.7. The fourth-order valence-electron chi connectivity index (χ4n) is 2.66. The Morgan fingerprint density at radius 2 is 1.69 bits per heavy atom. The molecule has 0 saturated heterocycles. The molecule has 5 heteroatoms. The summed E-state index contributed by atoms with van der Waals surface area (Å²) in [6.07, 6.45) is 0. The largest absolute Gasteiger partial charge is 0.310 e. The fraction of sp³-hybridized carbons (Fsp3) is 0.238. The van der Waals surface area contributed by atoms with Gasteiger partial charge in [-0.25, -0.2) is 4.68 Å².